The van der Waals surface area contributed by atoms with Crippen LogP contribution in [-0.4, -0.2) is 21.9 Å². The van der Waals surface area contributed by atoms with Gasteiger partial charge in [0.25, 0.3) is 0 Å². The first-order chi connectivity index (χ1) is 9.56. The van der Waals surface area contributed by atoms with Crippen LogP contribution in [0.5, 0.6) is 0 Å². The molecule has 0 atom stereocenters. The molecule has 0 saturated carbocycles. The van der Waals surface area contributed by atoms with E-state index < -0.39 is 0 Å². The van der Waals surface area contributed by atoms with Gasteiger partial charge >= 0.3 is 0 Å². The van der Waals surface area contributed by atoms with Crippen LogP contribution in [0.15, 0.2) is 42.7 Å². The van der Waals surface area contributed by atoms with Crippen molar-refractivity contribution in [1.29, 1.82) is 0 Å². The van der Waals surface area contributed by atoms with Crippen LogP contribution in [0.2, 0.25) is 0 Å². The van der Waals surface area contributed by atoms with Crippen molar-refractivity contribution in [3.05, 3.63) is 65.2 Å². The Morgan fingerprint density at radius 3 is 2.60 bits per heavy atom. The van der Waals surface area contributed by atoms with E-state index in [1.807, 2.05) is 19.2 Å². The number of nitrogens with zero attached hydrogens (tertiary/aromatic N) is 2. The molecule has 1 aromatic carbocycles. The fraction of sp³-hybridized carbons (Fsp3) is 0.200. The number of benzene rings is 1. The lowest BCUT2D eigenvalue weighted by Crippen LogP contribution is -2.21. The summed E-state index contributed by atoms with van der Waals surface area (Å²) in [4.78, 5) is 6.32. The summed E-state index contributed by atoms with van der Waals surface area (Å²) in [6, 6.07) is 8.48. The van der Waals surface area contributed by atoms with E-state index in [0.29, 0.717) is 12.1 Å². The van der Waals surface area contributed by atoms with Crippen LogP contribution in [-0.2, 0) is 13.1 Å². The van der Waals surface area contributed by atoms with Crippen molar-refractivity contribution in [2.24, 2.45) is 5.73 Å². The van der Waals surface area contributed by atoms with E-state index in [9.17, 15) is 4.39 Å². The monoisotopic (exact) mass is 289 g/mol. The molecule has 0 spiro atoms. The second-order valence-corrected chi connectivity index (χ2v) is 5.13. The predicted octanol–water partition coefficient (Wildman–Crippen LogP) is 2.49. The Bertz CT molecular complexity index is 601. The molecular weight excluding hydrogens is 273 g/mol. The van der Waals surface area contributed by atoms with Gasteiger partial charge in [0, 0.05) is 31.0 Å². The van der Waals surface area contributed by atoms with Gasteiger partial charge in [-0.05, 0) is 42.4 Å². The van der Waals surface area contributed by atoms with E-state index >= 15 is 0 Å². The average Bonchev–Trinajstić information content (AvgIpc) is 2.41. The van der Waals surface area contributed by atoms with Crippen molar-refractivity contribution in [2.75, 3.05) is 7.05 Å². The van der Waals surface area contributed by atoms with Gasteiger partial charge in [-0.15, -0.1) is 0 Å². The molecule has 104 valence electrons. The second kappa shape index (κ2) is 6.54. The first kappa shape index (κ1) is 14.6. The maximum atomic E-state index is 13.3. The molecule has 0 aliphatic heterocycles. The minimum absolute atomic E-state index is 0.219. The first-order valence-electron chi connectivity index (χ1n) is 6.22. The zero-order valence-corrected chi connectivity index (χ0v) is 12.0. The fourth-order valence-corrected chi connectivity index (χ4v) is 2.25. The molecule has 0 amide bonds. The average molecular weight is 289 g/mol. The lowest BCUT2D eigenvalue weighted by atomic mass is 10.1. The topological polar surface area (TPSA) is 42.2 Å². The third kappa shape index (κ3) is 3.82. The molecule has 1 aromatic heterocycles. The van der Waals surface area contributed by atoms with Gasteiger partial charge in [-0.3, -0.25) is 9.88 Å². The minimum Gasteiger partial charge on any atom is -0.389 e. The summed E-state index contributed by atoms with van der Waals surface area (Å²) in [6.45, 7) is 1.42. The Balaban J connectivity index is 2.11. The van der Waals surface area contributed by atoms with Gasteiger partial charge in [0.05, 0.1) is 0 Å². The van der Waals surface area contributed by atoms with E-state index in [1.165, 1.54) is 17.7 Å². The third-order valence-electron chi connectivity index (χ3n) is 2.98. The van der Waals surface area contributed by atoms with Crippen LogP contribution < -0.4 is 5.73 Å². The van der Waals surface area contributed by atoms with Crippen molar-refractivity contribution in [3.63, 3.8) is 0 Å². The molecule has 0 aliphatic carbocycles. The highest BCUT2D eigenvalue weighted by Crippen LogP contribution is 2.14. The molecule has 2 aromatic rings. The Hall–Kier alpha value is -1.85. The Morgan fingerprint density at radius 1 is 1.25 bits per heavy atom. The van der Waals surface area contributed by atoms with Crippen LogP contribution in [0, 0.1) is 5.82 Å². The van der Waals surface area contributed by atoms with Crippen LogP contribution >= 0.6 is 12.2 Å². The molecule has 1 heterocycles. The maximum Gasteiger partial charge on any atom is 0.123 e. The van der Waals surface area contributed by atoms with Crippen LogP contribution in [0.4, 0.5) is 4.39 Å². The molecule has 0 unspecified atom stereocenters. The molecule has 2 N–H and O–H groups in total. The maximum absolute atomic E-state index is 13.3. The lowest BCUT2D eigenvalue weighted by molar-refractivity contribution is 0.318. The van der Waals surface area contributed by atoms with Crippen LogP contribution in [0.3, 0.4) is 0 Å². The summed E-state index contributed by atoms with van der Waals surface area (Å²) in [7, 11) is 1.99. The highest BCUT2D eigenvalue weighted by molar-refractivity contribution is 7.80. The SMILES string of the molecule is CN(Cc1ccncc1)Cc1ccc(F)cc1C(N)=S. The van der Waals surface area contributed by atoms with Crippen molar-refractivity contribution in [3.8, 4) is 0 Å². The molecule has 0 aliphatic rings. The summed E-state index contributed by atoms with van der Waals surface area (Å²) >= 11 is 4.98. The third-order valence-corrected chi connectivity index (χ3v) is 3.20. The molecule has 0 saturated heterocycles. The zero-order chi connectivity index (χ0) is 14.5. The van der Waals surface area contributed by atoms with E-state index in [2.05, 4.69) is 9.88 Å². The van der Waals surface area contributed by atoms with Gasteiger partial charge in [0.1, 0.15) is 10.8 Å². The molecule has 3 nitrogen and oxygen atoms in total. The van der Waals surface area contributed by atoms with Crippen molar-refractivity contribution >= 4 is 17.2 Å². The molecule has 0 bridgehead atoms. The normalized spacial score (nSPS) is 10.8. The smallest absolute Gasteiger partial charge is 0.123 e. The summed E-state index contributed by atoms with van der Waals surface area (Å²) < 4.78 is 13.3. The van der Waals surface area contributed by atoms with Crippen LogP contribution in [0.25, 0.3) is 0 Å². The number of hydrogen-bond donors (Lipinski definition) is 1. The van der Waals surface area contributed by atoms with Gasteiger partial charge in [0.15, 0.2) is 0 Å². The number of thiocarbonyl (C=S) groups is 1. The number of nitrogens with two attached hydrogens (primary N) is 1. The highest BCUT2D eigenvalue weighted by Gasteiger charge is 2.09. The first-order valence-corrected chi connectivity index (χ1v) is 6.63. The van der Waals surface area contributed by atoms with Gasteiger partial charge in [0.2, 0.25) is 0 Å². The number of pyridine rings is 1. The quantitative estimate of drug-likeness (QED) is 0.859. The lowest BCUT2D eigenvalue weighted by Gasteiger charge is -2.18. The zero-order valence-electron chi connectivity index (χ0n) is 11.2. The molecule has 0 radical (unpaired) electrons. The summed E-state index contributed by atoms with van der Waals surface area (Å²) in [6.07, 6.45) is 3.53. The molecule has 20 heavy (non-hydrogen) atoms. The van der Waals surface area contributed by atoms with E-state index in [4.69, 9.17) is 18.0 Å². The second-order valence-electron chi connectivity index (χ2n) is 4.69. The summed E-state index contributed by atoms with van der Waals surface area (Å²) in [5.74, 6) is -0.326. The van der Waals surface area contributed by atoms with E-state index in [1.54, 1.807) is 18.5 Å². The van der Waals surface area contributed by atoms with Gasteiger partial charge in [-0.1, -0.05) is 18.3 Å². The summed E-state index contributed by atoms with van der Waals surface area (Å²) in [5.41, 5.74) is 8.34. The van der Waals surface area contributed by atoms with Gasteiger partial charge < -0.3 is 5.73 Å². The minimum atomic E-state index is -0.326. The number of halogens is 1. The number of hydrogen-bond acceptors (Lipinski definition) is 3. The Morgan fingerprint density at radius 2 is 1.95 bits per heavy atom. The molecule has 5 heteroatoms. The standard InChI is InChI=1S/C15H16FN3S/c1-19(9-11-4-6-18-7-5-11)10-12-2-3-13(16)8-14(12)15(17)20/h2-8H,9-10H2,1H3,(H2,17,20). The highest BCUT2D eigenvalue weighted by atomic mass is 32.1. The molecular formula is C15H16FN3S. The summed E-state index contributed by atoms with van der Waals surface area (Å²) in [5, 5.41) is 0. The van der Waals surface area contributed by atoms with Gasteiger partial charge in [-0.2, -0.15) is 0 Å². The van der Waals surface area contributed by atoms with E-state index in [-0.39, 0.29) is 10.8 Å². The van der Waals surface area contributed by atoms with Gasteiger partial charge in [-0.25, -0.2) is 4.39 Å². The van der Waals surface area contributed by atoms with Crippen molar-refractivity contribution in [2.45, 2.75) is 13.1 Å². The fourth-order valence-electron chi connectivity index (χ4n) is 2.06. The Labute approximate surface area is 123 Å². The predicted molar refractivity (Wildman–Crippen MR) is 81.7 cm³/mol. The molecule has 2 rings (SSSR count). The Kier molecular flexibility index (Phi) is 4.76. The van der Waals surface area contributed by atoms with Crippen molar-refractivity contribution < 1.29 is 4.39 Å². The molecule has 0 fully saturated rings. The van der Waals surface area contributed by atoms with Crippen molar-refractivity contribution in [1.82, 2.24) is 9.88 Å². The number of rotatable bonds is 5. The van der Waals surface area contributed by atoms with Crippen LogP contribution in [0.1, 0.15) is 16.7 Å². The van der Waals surface area contributed by atoms with E-state index in [0.717, 1.165) is 12.1 Å². The number of aromatic nitrogens is 1. The largest absolute Gasteiger partial charge is 0.389 e.